The summed E-state index contributed by atoms with van der Waals surface area (Å²) >= 11 is 0. The molecule has 1 aliphatic heterocycles. The molecule has 0 bridgehead atoms. The van der Waals surface area contributed by atoms with Gasteiger partial charge in [-0.15, -0.1) is 0 Å². The highest BCUT2D eigenvalue weighted by Crippen LogP contribution is 2.36. The Kier molecular flexibility index (Phi) is 7.03. The molecular weight excluding hydrogens is 457 g/mol. The summed E-state index contributed by atoms with van der Waals surface area (Å²) in [6, 6.07) is 8.65. The molecule has 1 saturated heterocycles. The zero-order chi connectivity index (χ0) is 25.0. The van der Waals surface area contributed by atoms with Crippen molar-refractivity contribution in [2.45, 2.75) is 31.9 Å². The van der Waals surface area contributed by atoms with Crippen molar-refractivity contribution >= 4 is 17.4 Å². The molecule has 9 heteroatoms. The van der Waals surface area contributed by atoms with E-state index in [1.54, 1.807) is 24.3 Å². The Balaban J connectivity index is 1.59. The summed E-state index contributed by atoms with van der Waals surface area (Å²) in [5.74, 6) is 5.51. The minimum absolute atomic E-state index is 0.0561. The number of aromatic nitrogens is 2. The molecule has 3 N–H and O–H groups in total. The van der Waals surface area contributed by atoms with Crippen LogP contribution < -0.4 is 11.1 Å². The number of benzene rings is 2. The number of halogens is 3. The molecule has 1 aromatic heterocycles. The molecule has 0 aliphatic carbocycles. The molecule has 3 aromatic rings. The van der Waals surface area contributed by atoms with Gasteiger partial charge in [0.15, 0.2) is 0 Å². The number of amides is 1. The van der Waals surface area contributed by atoms with Crippen molar-refractivity contribution in [3.63, 3.8) is 0 Å². The topological polar surface area (TPSA) is 90.1 Å². The lowest BCUT2D eigenvalue weighted by Gasteiger charge is -2.24. The maximum Gasteiger partial charge on any atom is 0.416 e. The van der Waals surface area contributed by atoms with E-state index in [0.717, 1.165) is 17.7 Å². The number of nitrogens with one attached hydrogen (secondary N) is 1. The van der Waals surface area contributed by atoms with Gasteiger partial charge in [-0.3, -0.25) is 4.79 Å². The zero-order valence-electron chi connectivity index (χ0n) is 18.9. The third kappa shape index (κ3) is 6.16. The highest BCUT2D eigenvalue weighted by atomic mass is 19.4. The van der Waals surface area contributed by atoms with Crippen LogP contribution in [-0.2, 0) is 10.9 Å². The molecule has 6 nitrogen and oxygen atoms in total. The second kappa shape index (κ2) is 10.2. The smallest absolute Gasteiger partial charge is 0.382 e. The van der Waals surface area contributed by atoms with E-state index in [1.165, 1.54) is 12.4 Å². The van der Waals surface area contributed by atoms with Gasteiger partial charge in [-0.05, 0) is 73.1 Å². The quantitative estimate of drug-likeness (QED) is 0.519. The van der Waals surface area contributed by atoms with Gasteiger partial charge in [-0.25, -0.2) is 9.97 Å². The van der Waals surface area contributed by atoms with Gasteiger partial charge >= 0.3 is 6.18 Å². The van der Waals surface area contributed by atoms with Crippen molar-refractivity contribution in [3.8, 4) is 11.8 Å². The number of aryl methyl sites for hydroxylation is 1. The molecule has 0 atom stereocenters. The van der Waals surface area contributed by atoms with Crippen LogP contribution in [0.25, 0.3) is 0 Å². The third-order valence-electron chi connectivity index (χ3n) is 5.73. The standard InChI is InChI=1S/C26H23F3N4O2/c1-16-2-3-19(10-18(16)4-5-22-14-32-24(30)15-31-22)25(34)33-23-12-20(17-6-8-35-9-7-17)11-21(13-23)26(27,28)29/h2-3,10-15,17H,6-9H2,1H3,(H2,30,32)(H,33,34). The maximum atomic E-state index is 13.6. The largest absolute Gasteiger partial charge is 0.416 e. The first-order valence-electron chi connectivity index (χ1n) is 11.0. The number of carbonyl (C=O) groups is 1. The van der Waals surface area contributed by atoms with Gasteiger partial charge in [0.2, 0.25) is 0 Å². The van der Waals surface area contributed by atoms with E-state index in [1.807, 2.05) is 6.92 Å². The fourth-order valence-electron chi connectivity index (χ4n) is 3.79. The Morgan fingerprint density at radius 3 is 2.54 bits per heavy atom. The van der Waals surface area contributed by atoms with Gasteiger partial charge in [0.05, 0.1) is 18.0 Å². The minimum Gasteiger partial charge on any atom is -0.382 e. The molecule has 1 fully saturated rings. The van der Waals surface area contributed by atoms with Crippen LogP contribution in [0.5, 0.6) is 0 Å². The van der Waals surface area contributed by atoms with Gasteiger partial charge in [-0.2, -0.15) is 13.2 Å². The SMILES string of the molecule is Cc1ccc(C(=O)Nc2cc(C3CCOCC3)cc(C(F)(F)F)c2)cc1C#Cc1cnc(N)cn1. The lowest BCUT2D eigenvalue weighted by atomic mass is 9.90. The molecule has 1 amide bonds. The van der Waals surface area contributed by atoms with Crippen molar-refractivity contribution in [1.82, 2.24) is 9.97 Å². The molecule has 180 valence electrons. The van der Waals surface area contributed by atoms with Crippen LogP contribution in [0.4, 0.5) is 24.7 Å². The summed E-state index contributed by atoms with van der Waals surface area (Å²) in [4.78, 5) is 20.9. The van der Waals surface area contributed by atoms with Crippen LogP contribution in [0, 0.1) is 18.8 Å². The van der Waals surface area contributed by atoms with Gasteiger partial charge in [0.1, 0.15) is 11.5 Å². The second-order valence-corrected chi connectivity index (χ2v) is 8.29. The zero-order valence-corrected chi connectivity index (χ0v) is 18.9. The van der Waals surface area contributed by atoms with Crippen LogP contribution in [0.3, 0.4) is 0 Å². The third-order valence-corrected chi connectivity index (χ3v) is 5.73. The van der Waals surface area contributed by atoms with Gasteiger partial charge in [0.25, 0.3) is 5.91 Å². The van der Waals surface area contributed by atoms with Gasteiger partial charge in [0, 0.05) is 30.0 Å². The molecule has 0 unspecified atom stereocenters. The van der Waals surface area contributed by atoms with E-state index in [0.29, 0.717) is 42.9 Å². The Bertz CT molecular complexity index is 1290. The predicted molar refractivity (Wildman–Crippen MR) is 126 cm³/mol. The Hall–Kier alpha value is -3.90. The van der Waals surface area contributed by atoms with Crippen LogP contribution in [0.1, 0.15) is 57.1 Å². The molecule has 1 aliphatic rings. The Labute approximate surface area is 200 Å². The number of hydrogen-bond donors (Lipinski definition) is 2. The number of alkyl halides is 3. The van der Waals surface area contributed by atoms with Crippen molar-refractivity contribution in [2.24, 2.45) is 0 Å². The van der Waals surface area contributed by atoms with Crippen molar-refractivity contribution in [2.75, 3.05) is 24.3 Å². The second-order valence-electron chi connectivity index (χ2n) is 8.29. The number of anilines is 2. The molecule has 0 saturated carbocycles. The number of nitrogen functional groups attached to an aromatic ring is 1. The fraction of sp³-hybridized carbons (Fsp3) is 0.269. The number of nitrogens with two attached hydrogens (primary N) is 1. The summed E-state index contributed by atoms with van der Waals surface area (Å²) in [5.41, 5.74) is 7.47. The minimum atomic E-state index is -4.53. The summed E-state index contributed by atoms with van der Waals surface area (Å²) < 4.78 is 46.0. The van der Waals surface area contributed by atoms with E-state index in [-0.39, 0.29) is 23.0 Å². The maximum absolute atomic E-state index is 13.6. The van der Waals surface area contributed by atoms with Crippen LogP contribution in [0.15, 0.2) is 48.8 Å². The van der Waals surface area contributed by atoms with E-state index in [2.05, 4.69) is 27.1 Å². The Morgan fingerprint density at radius 1 is 1.09 bits per heavy atom. The number of ether oxygens (including phenoxy) is 1. The van der Waals surface area contributed by atoms with E-state index < -0.39 is 17.6 Å². The summed E-state index contributed by atoms with van der Waals surface area (Å²) in [6.45, 7) is 2.84. The predicted octanol–water partition coefficient (Wildman–Crippen LogP) is 4.93. The number of rotatable bonds is 3. The Morgan fingerprint density at radius 2 is 1.86 bits per heavy atom. The first-order chi connectivity index (χ1) is 16.7. The molecule has 0 radical (unpaired) electrons. The average molecular weight is 480 g/mol. The first kappa shape index (κ1) is 24.2. The molecular formula is C26H23F3N4O2. The van der Waals surface area contributed by atoms with Gasteiger partial charge < -0.3 is 15.8 Å². The molecule has 2 heterocycles. The summed E-state index contributed by atoms with van der Waals surface area (Å²) in [6.07, 6.45) is -0.430. The van der Waals surface area contributed by atoms with Gasteiger partial charge in [-0.1, -0.05) is 12.0 Å². The number of hydrogen-bond acceptors (Lipinski definition) is 5. The van der Waals surface area contributed by atoms with E-state index in [4.69, 9.17) is 10.5 Å². The molecule has 2 aromatic carbocycles. The summed E-state index contributed by atoms with van der Waals surface area (Å²) in [5, 5.41) is 2.62. The van der Waals surface area contributed by atoms with E-state index in [9.17, 15) is 18.0 Å². The van der Waals surface area contributed by atoms with Crippen molar-refractivity contribution in [3.05, 3.63) is 82.3 Å². The molecule has 4 rings (SSSR count). The van der Waals surface area contributed by atoms with Crippen LogP contribution in [-0.4, -0.2) is 29.1 Å². The lowest BCUT2D eigenvalue weighted by Crippen LogP contribution is -2.17. The normalized spacial score (nSPS) is 14.2. The summed E-state index contributed by atoms with van der Waals surface area (Å²) in [7, 11) is 0. The first-order valence-corrected chi connectivity index (χ1v) is 11.0. The monoisotopic (exact) mass is 480 g/mol. The van der Waals surface area contributed by atoms with E-state index >= 15 is 0 Å². The molecule has 0 spiro atoms. The number of nitrogens with zero attached hydrogens (tertiary/aromatic N) is 2. The van der Waals surface area contributed by atoms with Crippen molar-refractivity contribution < 1.29 is 22.7 Å². The van der Waals surface area contributed by atoms with Crippen LogP contribution >= 0.6 is 0 Å². The average Bonchev–Trinajstić information content (AvgIpc) is 2.84. The highest BCUT2D eigenvalue weighted by Gasteiger charge is 2.32. The lowest BCUT2D eigenvalue weighted by molar-refractivity contribution is -0.137. The van der Waals surface area contributed by atoms with Crippen molar-refractivity contribution in [1.29, 1.82) is 0 Å². The molecule has 35 heavy (non-hydrogen) atoms. The number of carbonyl (C=O) groups excluding carboxylic acids is 1. The fourth-order valence-corrected chi connectivity index (χ4v) is 3.79. The van der Waals surface area contributed by atoms with Crippen LogP contribution in [0.2, 0.25) is 0 Å². The highest BCUT2D eigenvalue weighted by molar-refractivity contribution is 6.04.